The molecule has 0 spiro atoms. The molecule has 1 aromatic rings. The number of rotatable bonds is 8. The van der Waals surface area contributed by atoms with Gasteiger partial charge in [0.15, 0.2) is 0 Å². The normalized spacial score (nSPS) is 10.6. The summed E-state index contributed by atoms with van der Waals surface area (Å²) in [6, 6.07) is 7.76. The highest BCUT2D eigenvalue weighted by Crippen LogP contribution is 2.14. The zero-order chi connectivity index (χ0) is 13.4. The molecule has 0 unspecified atom stereocenters. The van der Waals surface area contributed by atoms with Crippen molar-refractivity contribution in [2.75, 3.05) is 45.7 Å². The summed E-state index contributed by atoms with van der Waals surface area (Å²) in [5, 5.41) is 3.28. The summed E-state index contributed by atoms with van der Waals surface area (Å²) >= 11 is 5.00. The molecular weight excluding hydrogens is 246 g/mol. The number of nitrogens with zero attached hydrogens (tertiary/aromatic N) is 1. The Hall–Kier alpha value is -1.17. The summed E-state index contributed by atoms with van der Waals surface area (Å²) in [6.45, 7) is 3.08. The molecule has 1 rings (SSSR count). The van der Waals surface area contributed by atoms with Crippen LogP contribution < -0.4 is 11.1 Å². The summed E-state index contributed by atoms with van der Waals surface area (Å²) in [7, 11) is 4.06. The third-order valence-electron chi connectivity index (χ3n) is 2.44. The molecule has 5 heteroatoms. The van der Waals surface area contributed by atoms with Gasteiger partial charge in [0.1, 0.15) is 4.99 Å². The van der Waals surface area contributed by atoms with Gasteiger partial charge in [-0.1, -0.05) is 24.4 Å². The van der Waals surface area contributed by atoms with Crippen LogP contribution in [0.2, 0.25) is 0 Å². The third kappa shape index (κ3) is 5.44. The molecule has 0 aliphatic rings. The van der Waals surface area contributed by atoms with Crippen LogP contribution in [0.1, 0.15) is 5.56 Å². The molecule has 4 nitrogen and oxygen atoms in total. The van der Waals surface area contributed by atoms with Crippen molar-refractivity contribution in [1.82, 2.24) is 4.90 Å². The predicted molar refractivity (Wildman–Crippen MR) is 80.2 cm³/mol. The zero-order valence-electron chi connectivity index (χ0n) is 11.0. The molecule has 0 radical (unpaired) electrons. The largest absolute Gasteiger partial charge is 0.389 e. The number of hydrogen-bond acceptors (Lipinski definition) is 4. The molecule has 0 saturated carbocycles. The second-order valence-electron chi connectivity index (χ2n) is 4.25. The average Bonchev–Trinajstić information content (AvgIpc) is 2.33. The SMILES string of the molecule is CN(C)CCOCCNc1ccccc1C(N)=S. The Balaban J connectivity index is 2.29. The predicted octanol–water partition coefficient (Wildman–Crippen LogP) is 1.31. The van der Waals surface area contributed by atoms with Crippen LogP contribution in [0.4, 0.5) is 5.69 Å². The van der Waals surface area contributed by atoms with Crippen LogP contribution in [-0.2, 0) is 4.74 Å². The first-order valence-corrected chi connectivity index (χ1v) is 6.37. The average molecular weight is 267 g/mol. The number of nitrogens with two attached hydrogens (primary N) is 1. The number of para-hydroxylation sites is 1. The molecule has 1 aromatic carbocycles. The second-order valence-corrected chi connectivity index (χ2v) is 4.69. The Morgan fingerprint density at radius 2 is 2.06 bits per heavy atom. The summed E-state index contributed by atoms with van der Waals surface area (Å²) in [4.78, 5) is 2.50. The highest BCUT2D eigenvalue weighted by molar-refractivity contribution is 7.80. The molecule has 0 atom stereocenters. The molecule has 0 heterocycles. The van der Waals surface area contributed by atoms with Crippen molar-refractivity contribution in [1.29, 1.82) is 0 Å². The smallest absolute Gasteiger partial charge is 0.106 e. The van der Waals surface area contributed by atoms with Gasteiger partial charge in [0.05, 0.1) is 13.2 Å². The highest BCUT2D eigenvalue weighted by Gasteiger charge is 2.02. The number of likely N-dealkylation sites (N-methyl/N-ethyl adjacent to an activating group) is 1. The maximum absolute atomic E-state index is 5.65. The number of thiocarbonyl (C=S) groups is 1. The maximum atomic E-state index is 5.65. The Morgan fingerprint density at radius 3 is 2.72 bits per heavy atom. The summed E-state index contributed by atoms with van der Waals surface area (Å²) in [6.07, 6.45) is 0. The van der Waals surface area contributed by atoms with Crippen LogP contribution in [-0.4, -0.2) is 50.3 Å². The molecule has 0 saturated heterocycles. The zero-order valence-corrected chi connectivity index (χ0v) is 11.8. The van der Waals surface area contributed by atoms with E-state index in [4.69, 9.17) is 22.7 Å². The fraction of sp³-hybridized carbons (Fsp3) is 0.462. The van der Waals surface area contributed by atoms with Crippen molar-refractivity contribution in [2.24, 2.45) is 5.73 Å². The summed E-state index contributed by atoms with van der Waals surface area (Å²) < 4.78 is 5.50. The lowest BCUT2D eigenvalue weighted by Gasteiger charge is -2.12. The number of benzene rings is 1. The van der Waals surface area contributed by atoms with E-state index in [0.29, 0.717) is 11.6 Å². The topological polar surface area (TPSA) is 50.5 Å². The van der Waals surface area contributed by atoms with E-state index >= 15 is 0 Å². The molecule has 0 aromatic heterocycles. The van der Waals surface area contributed by atoms with Gasteiger partial charge in [-0.25, -0.2) is 0 Å². The van der Waals surface area contributed by atoms with Gasteiger partial charge in [-0.3, -0.25) is 0 Å². The van der Waals surface area contributed by atoms with Gasteiger partial charge in [0.25, 0.3) is 0 Å². The van der Waals surface area contributed by atoms with Gasteiger partial charge in [-0.15, -0.1) is 0 Å². The minimum Gasteiger partial charge on any atom is -0.389 e. The van der Waals surface area contributed by atoms with E-state index in [0.717, 1.165) is 30.9 Å². The lowest BCUT2D eigenvalue weighted by molar-refractivity contribution is 0.126. The molecule has 0 aliphatic carbocycles. The summed E-state index contributed by atoms with van der Waals surface area (Å²) in [5.74, 6) is 0. The van der Waals surface area contributed by atoms with E-state index in [-0.39, 0.29) is 0 Å². The highest BCUT2D eigenvalue weighted by atomic mass is 32.1. The van der Waals surface area contributed by atoms with Crippen LogP contribution in [0.3, 0.4) is 0 Å². The van der Waals surface area contributed by atoms with E-state index in [2.05, 4.69) is 10.2 Å². The van der Waals surface area contributed by atoms with Gasteiger partial charge in [-0.05, 0) is 26.2 Å². The first-order chi connectivity index (χ1) is 8.61. The maximum Gasteiger partial charge on any atom is 0.106 e. The lowest BCUT2D eigenvalue weighted by atomic mass is 10.2. The number of hydrogen-bond donors (Lipinski definition) is 2. The first kappa shape index (κ1) is 14.9. The van der Waals surface area contributed by atoms with Crippen LogP contribution >= 0.6 is 12.2 Å². The van der Waals surface area contributed by atoms with E-state index in [1.165, 1.54) is 0 Å². The molecule has 0 amide bonds. The number of anilines is 1. The lowest BCUT2D eigenvalue weighted by Crippen LogP contribution is -2.20. The van der Waals surface area contributed by atoms with E-state index in [1.54, 1.807) is 0 Å². The van der Waals surface area contributed by atoms with Crippen LogP contribution in [0.15, 0.2) is 24.3 Å². The fourth-order valence-corrected chi connectivity index (χ4v) is 1.64. The van der Waals surface area contributed by atoms with E-state index < -0.39 is 0 Å². The van der Waals surface area contributed by atoms with Gasteiger partial charge in [0.2, 0.25) is 0 Å². The van der Waals surface area contributed by atoms with Gasteiger partial charge in [-0.2, -0.15) is 0 Å². The third-order valence-corrected chi connectivity index (χ3v) is 2.66. The van der Waals surface area contributed by atoms with Gasteiger partial charge < -0.3 is 20.7 Å². The van der Waals surface area contributed by atoms with E-state index in [9.17, 15) is 0 Å². The Labute approximate surface area is 114 Å². The first-order valence-electron chi connectivity index (χ1n) is 5.96. The molecular formula is C13H21N3OS. The standard InChI is InChI=1S/C13H21N3OS/c1-16(2)8-10-17-9-7-15-12-6-4-3-5-11(12)13(14)18/h3-6,15H,7-10H2,1-2H3,(H2,14,18). The molecule has 0 aliphatic heterocycles. The number of ether oxygens (including phenoxy) is 1. The van der Waals surface area contributed by atoms with Gasteiger partial charge >= 0.3 is 0 Å². The van der Waals surface area contributed by atoms with Crippen molar-refractivity contribution < 1.29 is 4.74 Å². The van der Waals surface area contributed by atoms with Crippen molar-refractivity contribution >= 4 is 22.9 Å². The minimum atomic E-state index is 0.409. The fourth-order valence-electron chi connectivity index (χ4n) is 1.46. The second kappa shape index (κ2) is 8.02. The van der Waals surface area contributed by atoms with Crippen molar-refractivity contribution in [2.45, 2.75) is 0 Å². The molecule has 0 bridgehead atoms. The van der Waals surface area contributed by atoms with Crippen LogP contribution in [0, 0.1) is 0 Å². The Kier molecular flexibility index (Phi) is 6.64. The molecule has 0 fully saturated rings. The van der Waals surface area contributed by atoms with Crippen molar-refractivity contribution in [3.05, 3.63) is 29.8 Å². The molecule has 18 heavy (non-hydrogen) atoms. The molecule has 3 N–H and O–H groups in total. The quantitative estimate of drug-likeness (QED) is 0.549. The molecule has 100 valence electrons. The Bertz CT molecular complexity index is 382. The summed E-state index contributed by atoms with van der Waals surface area (Å²) in [5.41, 5.74) is 7.49. The van der Waals surface area contributed by atoms with Gasteiger partial charge in [0, 0.05) is 24.3 Å². The minimum absolute atomic E-state index is 0.409. The monoisotopic (exact) mass is 267 g/mol. The number of nitrogens with one attached hydrogen (secondary N) is 1. The van der Waals surface area contributed by atoms with E-state index in [1.807, 2.05) is 38.4 Å². The van der Waals surface area contributed by atoms with Crippen molar-refractivity contribution in [3.63, 3.8) is 0 Å². The van der Waals surface area contributed by atoms with Crippen molar-refractivity contribution in [3.8, 4) is 0 Å². The Morgan fingerprint density at radius 1 is 1.33 bits per heavy atom. The van der Waals surface area contributed by atoms with Crippen LogP contribution in [0.25, 0.3) is 0 Å². The van der Waals surface area contributed by atoms with Crippen LogP contribution in [0.5, 0.6) is 0 Å².